The number of aryl methyl sites for hydroxylation is 4. The minimum Gasteiger partial charge on any atom is -0.481 e. The summed E-state index contributed by atoms with van der Waals surface area (Å²) in [6.07, 6.45) is 8.36. The van der Waals surface area contributed by atoms with Crippen LogP contribution in [0.1, 0.15) is 74.5 Å². The summed E-state index contributed by atoms with van der Waals surface area (Å²) in [7, 11) is 0. The monoisotopic (exact) mass is 485 g/mol. The summed E-state index contributed by atoms with van der Waals surface area (Å²) in [6.45, 7) is 6.33. The Bertz CT molecular complexity index is 1040. The Labute approximate surface area is 193 Å². The van der Waals surface area contributed by atoms with Crippen molar-refractivity contribution in [2.75, 3.05) is 0 Å². The van der Waals surface area contributed by atoms with E-state index in [4.69, 9.17) is 15.1 Å². The van der Waals surface area contributed by atoms with E-state index in [1.165, 1.54) is 5.56 Å². The van der Waals surface area contributed by atoms with Gasteiger partial charge in [-0.25, -0.2) is 9.97 Å². The maximum Gasteiger partial charge on any atom is 0.303 e. The molecule has 6 heteroatoms. The molecule has 0 atom stereocenters. The molecule has 0 saturated heterocycles. The van der Waals surface area contributed by atoms with E-state index in [1.54, 1.807) is 0 Å². The number of unbranched alkanes of at least 4 members (excludes halogenated alkanes) is 4. The first kappa shape index (κ1) is 23.5. The SMILES string of the molecule is CCCCc1nc2c(C)c(Br)c(C)nc2n1-c1ccc(CCCCCCC(=O)O)cc1. The van der Waals surface area contributed by atoms with Gasteiger partial charge < -0.3 is 5.11 Å². The van der Waals surface area contributed by atoms with E-state index in [9.17, 15) is 4.79 Å². The lowest BCUT2D eigenvalue weighted by Crippen LogP contribution is -2.03. The van der Waals surface area contributed by atoms with Gasteiger partial charge in [-0.3, -0.25) is 9.36 Å². The number of imidazole rings is 1. The zero-order chi connectivity index (χ0) is 22.4. The average molecular weight is 486 g/mol. The van der Waals surface area contributed by atoms with Gasteiger partial charge in [0.05, 0.1) is 5.69 Å². The molecule has 0 spiro atoms. The van der Waals surface area contributed by atoms with Gasteiger partial charge in [-0.2, -0.15) is 0 Å². The van der Waals surface area contributed by atoms with Crippen LogP contribution in [0.15, 0.2) is 28.7 Å². The molecule has 31 heavy (non-hydrogen) atoms. The molecule has 5 nitrogen and oxygen atoms in total. The zero-order valence-corrected chi connectivity index (χ0v) is 20.3. The fourth-order valence-corrected chi connectivity index (χ4v) is 4.22. The molecule has 2 aromatic heterocycles. The summed E-state index contributed by atoms with van der Waals surface area (Å²) in [6, 6.07) is 8.73. The number of halogens is 1. The molecular formula is C25H32BrN3O2. The third-order valence-corrected chi connectivity index (χ3v) is 6.92. The van der Waals surface area contributed by atoms with E-state index >= 15 is 0 Å². The molecule has 0 aliphatic rings. The van der Waals surface area contributed by atoms with Gasteiger partial charge in [0.1, 0.15) is 11.3 Å². The van der Waals surface area contributed by atoms with Crippen molar-refractivity contribution in [2.45, 2.75) is 78.6 Å². The third kappa shape index (κ3) is 5.73. The maximum atomic E-state index is 10.6. The molecule has 1 aromatic carbocycles. The predicted molar refractivity (Wildman–Crippen MR) is 129 cm³/mol. The number of pyridine rings is 1. The first-order chi connectivity index (χ1) is 14.9. The van der Waals surface area contributed by atoms with E-state index in [0.29, 0.717) is 0 Å². The second kappa shape index (κ2) is 10.9. The highest BCUT2D eigenvalue weighted by Gasteiger charge is 2.18. The van der Waals surface area contributed by atoms with Crippen LogP contribution in [-0.4, -0.2) is 25.6 Å². The number of benzene rings is 1. The van der Waals surface area contributed by atoms with Crippen molar-refractivity contribution in [3.05, 3.63) is 51.4 Å². The van der Waals surface area contributed by atoms with Crippen LogP contribution in [-0.2, 0) is 17.6 Å². The number of carboxylic acids is 1. The van der Waals surface area contributed by atoms with Crippen LogP contribution in [0, 0.1) is 13.8 Å². The van der Waals surface area contributed by atoms with Gasteiger partial charge in [-0.1, -0.05) is 38.3 Å². The van der Waals surface area contributed by atoms with Gasteiger partial charge in [0.2, 0.25) is 0 Å². The zero-order valence-electron chi connectivity index (χ0n) is 18.7. The Kier molecular flexibility index (Phi) is 8.24. The fraction of sp³-hybridized carbons (Fsp3) is 0.480. The molecule has 0 unspecified atom stereocenters. The summed E-state index contributed by atoms with van der Waals surface area (Å²) >= 11 is 3.66. The highest BCUT2D eigenvalue weighted by atomic mass is 79.9. The fourth-order valence-electron chi connectivity index (χ4n) is 3.94. The topological polar surface area (TPSA) is 68.0 Å². The number of fused-ring (bicyclic) bond motifs is 1. The summed E-state index contributed by atoms with van der Waals surface area (Å²) < 4.78 is 3.25. The van der Waals surface area contributed by atoms with Crippen molar-refractivity contribution in [1.29, 1.82) is 0 Å². The van der Waals surface area contributed by atoms with Crippen molar-refractivity contribution in [3.63, 3.8) is 0 Å². The maximum absolute atomic E-state index is 10.6. The lowest BCUT2D eigenvalue weighted by Gasteiger charge is -2.11. The number of hydrogen-bond donors (Lipinski definition) is 1. The normalized spacial score (nSPS) is 11.4. The summed E-state index contributed by atoms with van der Waals surface area (Å²) in [5, 5.41) is 8.72. The molecule has 3 rings (SSSR count). The second-order valence-corrected chi connectivity index (χ2v) is 9.04. The molecule has 0 aliphatic heterocycles. The molecule has 0 amide bonds. The molecule has 0 aliphatic carbocycles. The van der Waals surface area contributed by atoms with Gasteiger partial charge in [0.15, 0.2) is 5.65 Å². The predicted octanol–water partition coefficient (Wildman–Crippen LogP) is 6.72. The highest BCUT2D eigenvalue weighted by molar-refractivity contribution is 9.10. The Morgan fingerprint density at radius 1 is 1.00 bits per heavy atom. The van der Waals surface area contributed by atoms with E-state index in [2.05, 4.69) is 58.6 Å². The number of nitrogens with zero attached hydrogens (tertiary/aromatic N) is 3. The second-order valence-electron chi connectivity index (χ2n) is 8.25. The largest absolute Gasteiger partial charge is 0.481 e. The van der Waals surface area contributed by atoms with E-state index in [-0.39, 0.29) is 6.42 Å². The van der Waals surface area contributed by atoms with Crippen LogP contribution < -0.4 is 0 Å². The Morgan fingerprint density at radius 2 is 1.71 bits per heavy atom. The molecule has 1 N–H and O–H groups in total. The number of carbonyl (C=O) groups is 1. The van der Waals surface area contributed by atoms with Crippen LogP contribution in [0.5, 0.6) is 0 Å². The summed E-state index contributed by atoms with van der Waals surface area (Å²) in [5.41, 5.74) is 6.42. The molecule has 166 valence electrons. The number of hydrogen-bond acceptors (Lipinski definition) is 3. The van der Waals surface area contributed by atoms with E-state index < -0.39 is 5.97 Å². The average Bonchev–Trinajstić information content (AvgIpc) is 3.11. The van der Waals surface area contributed by atoms with Gasteiger partial charge >= 0.3 is 5.97 Å². The van der Waals surface area contributed by atoms with E-state index in [0.717, 1.165) is 89.8 Å². The Morgan fingerprint density at radius 3 is 2.39 bits per heavy atom. The number of rotatable bonds is 11. The molecule has 3 aromatic rings. The van der Waals surface area contributed by atoms with Crippen LogP contribution in [0.3, 0.4) is 0 Å². The van der Waals surface area contributed by atoms with Crippen molar-refractivity contribution >= 4 is 33.1 Å². The van der Waals surface area contributed by atoms with Crippen LogP contribution in [0.25, 0.3) is 16.9 Å². The van der Waals surface area contributed by atoms with E-state index in [1.807, 2.05) is 6.92 Å². The minimum atomic E-state index is -0.701. The molecular weight excluding hydrogens is 454 g/mol. The van der Waals surface area contributed by atoms with Gasteiger partial charge in [0.25, 0.3) is 0 Å². The van der Waals surface area contributed by atoms with Crippen LogP contribution >= 0.6 is 15.9 Å². The minimum absolute atomic E-state index is 0.275. The summed E-state index contributed by atoms with van der Waals surface area (Å²) in [4.78, 5) is 20.4. The summed E-state index contributed by atoms with van der Waals surface area (Å²) in [5.74, 6) is 0.365. The Hall–Kier alpha value is -2.21. The van der Waals surface area contributed by atoms with Gasteiger partial charge in [-0.15, -0.1) is 0 Å². The molecule has 0 bridgehead atoms. The number of carboxylic acid groups (broad SMARTS) is 1. The molecule has 0 saturated carbocycles. The van der Waals surface area contributed by atoms with Crippen LogP contribution in [0.2, 0.25) is 0 Å². The Balaban J connectivity index is 1.79. The van der Waals surface area contributed by atoms with Crippen molar-refractivity contribution in [1.82, 2.24) is 14.5 Å². The standard InChI is InChI=1S/C25H32BrN3O2/c1-4-5-11-21-28-24-17(2)23(26)18(3)27-25(24)29(21)20-15-13-19(14-16-20)10-8-6-7-9-12-22(30)31/h13-16H,4-12H2,1-3H3,(H,30,31). The van der Waals surface area contributed by atoms with Gasteiger partial charge in [-0.05, 0) is 78.7 Å². The van der Waals surface area contributed by atoms with Gasteiger partial charge in [0, 0.05) is 23.0 Å². The first-order valence-electron chi connectivity index (χ1n) is 11.3. The van der Waals surface area contributed by atoms with Crippen molar-refractivity contribution in [3.8, 4) is 5.69 Å². The molecule has 0 fully saturated rings. The highest BCUT2D eigenvalue weighted by Crippen LogP contribution is 2.30. The first-order valence-corrected chi connectivity index (χ1v) is 12.1. The van der Waals surface area contributed by atoms with Crippen molar-refractivity contribution < 1.29 is 9.90 Å². The lowest BCUT2D eigenvalue weighted by molar-refractivity contribution is -0.137. The smallest absolute Gasteiger partial charge is 0.303 e. The van der Waals surface area contributed by atoms with Crippen molar-refractivity contribution in [2.24, 2.45) is 0 Å². The quantitative estimate of drug-likeness (QED) is 0.306. The molecule has 2 heterocycles. The number of aromatic nitrogens is 3. The number of aliphatic carboxylic acids is 1. The lowest BCUT2D eigenvalue weighted by atomic mass is 10.0. The molecule has 0 radical (unpaired) electrons. The van der Waals surface area contributed by atoms with Crippen LogP contribution in [0.4, 0.5) is 0 Å². The third-order valence-electron chi connectivity index (χ3n) is 5.75.